The standard InChI is InChI=1S/C16H20ClN3OS/c1-10-13(21-12-5-3-2-4-6-12)9-19-16(20-10)15-11(8-18)7-14(17)22-15/h7,9,12H,2-6,8,18H2,1H3. The van der Waals surface area contributed by atoms with Crippen LogP contribution in [0.2, 0.25) is 4.34 Å². The molecule has 0 spiro atoms. The number of nitrogens with zero attached hydrogens (tertiary/aromatic N) is 2. The van der Waals surface area contributed by atoms with Crippen LogP contribution in [-0.4, -0.2) is 16.1 Å². The van der Waals surface area contributed by atoms with Gasteiger partial charge in [0.15, 0.2) is 11.6 Å². The van der Waals surface area contributed by atoms with Gasteiger partial charge in [-0.3, -0.25) is 0 Å². The molecule has 0 bridgehead atoms. The van der Waals surface area contributed by atoms with Gasteiger partial charge in [-0.15, -0.1) is 11.3 Å². The van der Waals surface area contributed by atoms with E-state index in [0.29, 0.717) is 22.8 Å². The summed E-state index contributed by atoms with van der Waals surface area (Å²) in [5.74, 6) is 1.46. The molecule has 0 unspecified atom stereocenters. The molecule has 1 aliphatic carbocycles. The molecule has 0 atom stereocenters. The van der Waals surface area contributed by atoms with Gasteiger partial charge in [-0.05, 0) is 44.2 Å². The summed E-state index contributed by atoms with van der Waals surface area (Å²) >= 11 is 7.54. The zero-order valence-electron chi connectivity index (χ0n) is 12.6. The third-order valence-electron chi connectivity index (χ3n) is 3.98. The summed E-state index contributed by atoms with van der Waals surface area (Å²) in [4.78, 5) is 9.99. The van der Waals surface area contributed by atoms with E-state index in [4.69, 9.17) is 22.1 Å². The maximum Gasteiger partial charge on any atom is 0.170 e. The molecular weight excluding hydrogens is 318 g/mol. The fourth-order valence-electron chi connectivity index (χ4n) is 2.78. The summed E-state index contributed by atoms with van der Waals surface area (Å²) in [6.07, 6.45) is 8.14. The molecule has 0 saturated heterocycles. The van der Waals surface area contributed by atoms with Crippen molar-refractivity contribution in [3.8, 4) is 16.5 Å². The lowest BCUT2D eigenvalue weighted by Crippen LogP contribution is -2.20. The van der Waals surface area contributed by atoms with Crippen LogP contribution in [0.25, 0.3) is 10.7 Å². The van der Waals surface area contributed by atoms with Gasteiger partial charge in [0, 0.05) is 6.54 Å². The smallest absolute Gasteiger partial charge is 0.170 e. The molecule has 1 saturated carbocycles. The Morgan fingerprint density at radius 1 is 1.36 bits per heavy atom. The number of hydrogen-bond donors (Lipinski definition) is 1. The lowest BCUT2D eigenvalue weighted by Gasteiger charge is -2.23. The van der Waals surface area contributed by atoms with Gasteiger partial charge in [0.2, 0.25) is 0 Å². The Labute approximate surface area is 139 Å². The monoisotopic (exact) mass is 337 g/mol. The van der Waals surface area contributed by atoms with E-state index >= 15 is 0 Å². The minimum atomic E-state index is 0.303. The molecule has 2 heterocycles. The summed E-state index contributed by atoms with van der Waals surface area (Å²) in [5.41, 5.74) is 7.61. The van der Waals surface area contributed by atoms with Crippen LogP contribution in [0, 0.1) is 6.92 Å². The highest BCUT2D eigenvalue weighted by Gasteiger charge is 2.18. The number of aromatic nitrogens is 2. The number of ether oxygens (including phenoxy) is 1. The van der Waals surface area contributed by atoms with Gasteiger partial charge in [-0.25, -0.2) is 9.97 Å². The highest BCUT2D eigenvalue weighted by molar-refractivity contribution is 7.19. The van der Waals surface area contributed by atoms with Gasteiger partial charge in [-0.1, -0.05) is 18.0 Å². The zero-order valence-corrected chi connectivity index (χ0v) is 14.2. The number of aryl methyl sites for hydroxylation is 1. The average Bonchev–Trinajstić information content (AvgIpc) is 2.91. The predicted octanol–water partition coefficient (Wildman–Crippen LogP) is 4.34. The minimum absolute atomic E-state index is 0.303. The molecule has 0 radical (unpaired) electrons. The van der Waals surface area contributed by atoms with Crippen molar-refractivity contribution in [2.24, 2.45) is 5.73 Å². The molecule has 118 valence electrons. The average molecular weight is 338 g/mol. The van der Waals surface area contributed by atoms with Crippen molar-refractivity contribution in [3.63, 3.8) is 0 Å². The molecule has 4 nitrogen and oxygen atoms in total. The summed E-state index contributed by atoms with van der Waals surface area (Å²) in [7, 11) is 0. The Kier molecular flexibility index (Phi) is 4.96. The summed E-state index contributed by atoms with van der Waals surface area (Å²) in [6.45, 7) is 2.39. The van der Waals surface area contributed by atoms with E-state index in [1.807, 2.05) is 13.0 Å². The second-order valence-electron chi connectivity index (χ2n) is 5.63. The van der Waals surface area contributed by atoms with Crippen molar-refractivity contribution < 1.29 is 4.74 Å². The van der Waals surface area contributed by atoms with Crippen LogP contribution >= 0.6 is 22.9 Å². The Morgan fingerprint density at radius 2 is 2.14 bits per heavy atom. The molecule has 6 heteroatoms. The van der Waals surface area contributed by atoms with E-state index in [1.54, 1.807) is 6.20 Å². The number of rotatable bonds is 4. The van der Waals surface area contributed by atoms with Crippen LogP contribution in [0.15, 0.2) is 12.3 Å². The Bertz CT molecular complexity index is 653. The molecule has 0 aromatic carbocycles. The quantitative estimate of drug-likeness (QED) is 0.901. The van der Waals surface area contributed by atoms with Gasteiger partial charge in [0.1, 0.15) is 0 Å². The second kappa shape index (κ2) is 6.94. The van der Waals surface area contributed by atoms with Gasteiger partial charge in [0.25, 0.3) is 0 Å². The first kappa shape index (κ1) is 15.7. The molecule has 22 heavy (non-hydrogen) atoms. The van der Waals surface area contributed by atoms with Crippen LogP contribution in [0.3, 0.4) is 0 Å². The molecule has 3 rings (SSSR count). The van der Waals surface area contributed by atoms with E-state index in [0.717, 1.165) is 34.7 Å². The summed E-state index contributed by atoms with van der Waals surface area (Å²) < 4.78 is 6.77. The summed E-state index contributed by atoms with van der Waals surface area (Å²) in [6, 6.07) is 1.88. The number of hydrogen-bond acceptors (Lipinski definition) is 5. The molecule has 2 aromatic heterocycles. The number of nitrogens with two attached hydrogens (primary N) is 1. The van der Waals surface area contributed by atoms with Crippen molar-refractivity contribution in [2.75, 3.05) is 0 Å². The fourth-order valence-corrected chi connectivity index (χ4v) is 4.00. The third-order valence-corrected chi connectivity index (χ3v) is 5.28. The van der Waals surface area contributed by atoms with Crippen LogP contribution in [0.5, 0.6) is 5.75 Å². The van der Waals surface area contributed by atoms with Gasteiger partial charge < -0.3 is 10.5 Å². The van der Waals surface area contributed by atoms with Gasteiger partial charge in [0.05, 0.1) is 27.2 Å². The van der Waals surface area contributed by atoms with E-state index in [9.17, 15) is 0 Å². The normalized spacial score (nSPS) is 16.0. The second-order valence-corrected chi connectivity index (χ2v) is 7.31. The molecule has 1 fully saturated rings. The largest absolute Gasteiger partial charge is 0.487 e. The van der Waals surface area contributed by atoms with Gasteiger partial charge >= 0.3 is 0 Å². The Balaban J connectivity index is 1.82. The van der Waals surface area contributed by atoms with Crippen molar-refractivity contribution in [3.05, 3.63) is 27.9 Å². The Morgan fingerprint density at radius 3 is 2.82 bits per heavy atom. The van der Waals surface area contributed by atoms with E-state index in [-0.39, 0.29) is 0 Å². The molecule has 2 N–H and O–H groups in total. The highest BCUT2D eigenvalue weighted by atomic mass is 35.5. The lowest BCUT2D eigenvalue weighted by atomic mass is 9.98. The topological polar surface area (TPSA) is 61.0 Å². The van der Waals surface area contributed by atoms with E-state index < -0.39 is 0 Å². The van der Waals surface area contributed by atoms with E-state index in [2.05, 4.69) is 9.97 Å². The first-order chi connectivity index (χ1) is 10.7. The third kappa shape index (κ3) is 3.42. The Hall–Kier alpha value is -1.17. The number of halogens is 1. The maximum atomic E-state index is 6.08. The van der Waals surface area contributed by atoms with Crippen molar-refractivity contribution >= 4 is 22.9 Å². The van der Waals surface area contributed by atoms with Crippen molar-refractivity contribution in [2.45, 2.75) is 51.7 Å². The van der Waals surface area contributed by atoms with E-state index in [1.165, 1.54) is 30.6 Å². The SMILES string of the molecule is Cc1nc(-c2sc(Cl)cc2CN)ncc1OC1CCCCC1. The molecular formula is C16H20ClN3OS. The van der Waals surface area contributed by atoms with Gasteiger partial charge in [-0.2, -0.15) is 0 Å². The van der Waals surface area contributed by atoms with Crippen molar-refractivity contribution in [1.29, 1.82) is 0 Å². The van der Waals surface area contributed by atoms with Crippen molar-refractivity contribution in [1.82, 2.24) is 9.97 Å². The fraction of sp³-hybridized carbons (Fsp3) is 0.500. The number of thiophene rings is 1. The minimum Gasteiger partial charge on any atom is -0.487 e. The first-order valence-corrected chi connectivity index (χ1v) is 8.85. The van der Waals surface area contributed by atoms with Crippen LogP contribution in [0.1, 0.15) is 43.4 Å². The van der Waals surface area contributed by atoms with Crippen LogP contribution in [0.4, 0.5) is 0 Å². The zero-order chi connectivity index (χ0) is 15.5. The molecule has 1 aliphatic rings. The maximum absolute atomic E-state index is 6.08. The predicted molar refractivity (Wildman–Crippen MR) is 90.5 cm³/mol. The molecule has 0 aliphatic heterocycles. The molecule has 0 amide bonds. The summed E-state index contributed by atoms with van der Waals surface area (Å²) in [5, 5.41) is 0. The lowest BCUT2D eigenvalue weighted by molar-refractivity contribution is 0.152. The van der Waals surface area contributed by atoms with Crippen LogP contribution < -0.4 is 10.5 Å². The molecule has 2 aromatic rings. The first-order valence-electron chi connectivity index (χ1n) is 7.66. The van der Waals surface area contributed by atoms with Crippen LogP contribution in [-0.2, 0) is 6.54 Å². The highest BCUT2D eigenvalue weighted by Crippen LogP contribution is 2.34.